The number of aromatic nitrogens is 2. The van der Waals surface area contributed by atoms with Crippen LogP contribution in [0.25, 0.3) is 0 Å². The number of hydrogen-bond acceptors (Lipinski definition) is 7. The third kappa shape index (κ3) is 4.96. The molecule has 8 nitrogen and oxygen atoms in total. The van der Waals surface area contributed by atoms with Crippen molar-refractivity contribution >= 4 is 11.5 Å². The lowest BCUT2D eigenvalue weighted by Gasteiger charge is -2.09. The van der Waals surface area contributed by atoms with E-state index in [0.29, 0.717) is 13.2 Å². The molecule has 1 N–H and O–H groups in total. The Labute approximate surface area is 117 Å². The van der Waals surface area contributed by atoms with E-state index in [1.165, 1.54) is 13.4 Å². The Kier molecular flexibility index (Phi) is 7.26. The van der Waals surface area contributed by atoms with Crippen LogP contribution in [0.15, 0.2) is 6.33 Å². The lowest BCUT2D eigenvalue weighted by molar-refractivity contribution is -0.385. The minimum atomic E-state index is -0.537. The molecule has 0 unspecified atom stereocenters. The van der Waals surface area contributed by atoms with E-state index in [-0.39, 0.29) is 24.0 Å². The molecular weight excluding hydrogens is 264 g/mol. The molecule has 0 saturated carbocycles. The highest BCUT2D eigenvalue weighted by Crippen LogP contribution is 2.30. The molecule has 112 valence electrons. The first-order valence-electron chi connectivity index (χ1n) is 6.55. The largest absolute Gasteiger partial charge is 0.470 e. The van der Waals surface area contributed by atoms with Crippen molar-refractivity contribution in [3.05, 3.63) is 16.4 Å². The standard InChI is InChI=1S/C12H20N4O4/c1-3-4-5-6-13-11-10(16(17)18)12(15-9-14-11)20-8-7-19-2/h9H,3-8H2,1-2H3,(H,13,14,15). The summed E-state index contributed by atoms with van der Waals surface area (Å²) in [6.45, 7) is 3.25. The molecule has 0 aliphatic carbocycles. The van der Waals surface area contributed by atoms with Gasteiger partial charge in [0.15, 0.2) is 0 Å². The summed E-state index contributed by atoms with van der Waals surface area (Å²) in [5.74, 6) is 0.147. The van der Waals surface area contributed by atoms with Gasteiger partial charge in [0.2, 0.25) is 5.82 Å². The Morgan fingerprint density at radius 3 is 2.80 bits per heavy atom. The second-order valence-electron chi connectivity index (χ2n) is 4.11. The van der Waals surface area contributed by atoms with Crippen LogP contribution in [0.2, 0.25) is 0 Å². The lowest BCUT2D eigenvalue weighted by Crippen LogP contribution is -2.11. The van der Waals surface area contributed by atoms with Crippen LogP contribution in [0.1, 0.15) is 26.2 Å². The Morgan fingerprint density at radius 2 is 2.15 bits per heavy atom. The molecule has 0 radical (unpaired) electrons. The summed E-state index contributed by atoms with van der Waals surface area (Å²) >= 11 is 0. The molecule has 8 heteroatoms. The zero-order valence-corrected chi connectivity index (χ0v) is 11.8. The average molecular weight is 284 g/mol. The molecular formula is C12H20N4O4. The first-order chi connectivity index (χ1) is 9.70. The van der Waals surface area contributed by atoms with E-state index < -0.39 is 4.92 Å². The normalized spacial score (nSPS) is 10.3. The second kappa shape index (κ2) is 9.03. The van der Waals surface area contributed by atoms with Crippen molar-refractivity contribution in [3.8, 4) is 5.88 Å². The molecule has 0 spiro atoms. The van der Waals surface area contributed by atoms with E-state index in [4.69, 9.17) is 9.47 Å². The van der Waals surface area contributed by atoms with E-state index in [2.05, 4.69) is 22.2 Å². The Morgan fingerprint density at radius 1 is 1.35 bits per heavy atom. The van der Waals surface area contributed by atoms with Crippen molar-refractivity contribution in [2.75, 3.05) is 32.2 Å². The van der Waals surface area contributed by atoms with Crippen molar-refractivity contribution in [2.24, 2.45) is 0 Å². The second-order valence-corrected chi connectivity index (χ2v) is 4.11. The van der Waals surface area contributed by atoms with Gasteiger partial charge in [-0.05, 0) is 6.42 Å². The summed E-state index contributed by atoms with van der Waals surface area (Å²) in [7, 11) is 1.53. The number of anilines is 1. The summed E-state index contributed by atoms with van der Waals surface area (Å²) in [6, 6.07) is 0. The fraction of sp³-hybridized carbons (Fsp3) is 0.667. The molecule has 0 aromatic carbocycles. The number of methoxy groups -OCH3 is 1. The molecule has 1 aromatic heterocycles. The van der Waals surface area contributed by atoms with Gasteiger partial charge in [-0.15, -0.1) is 0 Å². The molecule has 20 heavy (non-hydrogen) atoms. The monoisotopic (exact) mass is 284 g/mol. The fourth-order valence-electron chi connectivity index (χ4n) is 1.57. The highest BCUT2D eigenvalue weighted by atomic mass is 16.6. The Balaban J connectivity index is 2.76. The van der Waals surface area contributed by atoms with Gasteiger partial charge in [-0.25, -0.2) is 4.98 Å². The Hall–Kier alpha value is -1.96. The van der Waals surface area contributed by atoms with Gasteiger partial charge >= 0.3 is 5.69 Å². The maximum Gasteiger partial charge on any atom is 0.372 e. The van der Waals surface area contributed by atoms with E-state index in [1.807, 2.05) is 0 Å². The van der Waals surface area contributed by atoms with Crippen LogP contribution in [-0.2, 0) is 4.74 Å². The summed E-state index contributed by atoms with van der Waals surface area (Å²) < 4.78 is 10.1. The van der Waals surface area contributed by atoms with E-state index in [0.717, 1.165) is 19.3 Å². The highest BCUT2D eigenvalue weighted by molar-refractivity contribution is 5.61. The van der Waals surface area contributed by atoms with Crippen molar-refractivity contribution < 1.29 is 14.4 Å². The van der Waals surface area contributed by atoms with Gasteiger partial charge in [-0.1, -0.05) is 19.8 Å². The number of nitro groups is 1. The van der Waals surface area contributed by atoms with Crippen molar-refractivity contribution in [1.82, 2.24) is 9.97 Å². The predicted octanol–water partition coefficient (Wildman–Crippen LogP) is 2.01. The van der Waals surface area contributed by atoms with Gasteiger partial charge < -0.3 is 14.8 Å². The first-order valence-corrected chi connectivity index (χ1v) is 6.55. The molecule has 0 aliphatic heterocycles. The highest BCUT2D eigenvalue weighted by Gasteiger charge is 2.24. The van der Waals surface area contributed by atoms with E-state index >= 15 is 0 Å². The molecule has 0 amide bonds. The lowest BCUT2D eigenvalue weighted by atomic mass is 10.2. The maximum atomic E-state index is 11.1. The number of nitrogens with one attached hydrogen (secondary N) is 1. The molecule has 0 bridgehead atoms. The van der Waals surface area contributed by atoms with Crippen molar-refractivity contribution in [1.29, 1.82) is 0 Å². The number of nitrogens with zero attached hydrogens (tertiary/aromatic N) is 3. The molecule has 1 heterocycles. The molecule has 1 rings (SSSR count). The van der Waals surface area contributed by atoms with E-state index in [1.54, 1.807) is 0 Å². The SMILES string of the molecule is CCCCCNc1ncnc(OCCOC)c1[N+](=O)[O-]. The van der Waals surface area contributed by atoms with Crippen molar-refractivity contribution in [3.63, 3.8) is 0 Å². The van der Waals surface area contributed by atoms with Crippen LogP contribution in [-0.4, -0.2) is 41.8 Å². The summed E-state index contributed by atoms with van der Waals surface area (Å²) in [5.41, 5.74) is -0.236. The van der Waals surface area contributed by atoms with Crippen LogP contribution >= 0.6 is 0 Å². The third-order valence-electron chi connectivity index (χ3n) is 2.57. The topological polar surface area (TPSA) is 99.4 Å². The molecule has 0 fully saturated rings. The van der Waals surface area contributed by atoms with Gasteiger partial charge in [0.05, 0.1) is 11.5 Å². The minimum Gasteiger partial charge on any atom is -0.470 e. The van der Waals surface area contributed by atoms with E-state index in [9.17, 15) is 10.1 Å². The number of unbranched alkanes of at least 4 members (excludes halogenated alkanes) is 2. The van der Waals surface area contributed by atoms with Crippen LogP contribution in [0, 0.1) is 10.1 Å². The zero-order chi connectivity index (χ0) is 14.8. The molecule has 0 saturated heterocycles. The summed E-state index contributed by atoms with van der Waals surface area (Å²) in [6.07, 6.45) is 4.32. The molecule has 1 aromatic rings. The number of hydrogen-bond donors (Lipinski definition) is 1. The quantitative estimate of drug-likeness (QED) is 0.398. The molecule has 0 aliphatic rings. The first kappa shape index (κ1) is 16.1. The van der Waals surface area contributed by atoms with Crippen molar-refractivity contribution in [2.45, 2.75) is 26.2 Å². The smallest absolute Gasteiger partial charge is 0.372 e. The van der Waals surface area contributed by atoms with Gasteiger partial charge in [0.25, 0.3) is 5.88 Å². The number of ether oxygens (including phenoxy) is 2. The summed E-state index contributed by atoms with van der Waals surface area (Å²) in [4.78, 5) is 18.3. The maximum absolute atomic E-state index is 11.1. The van der Waals surface area contributed by atoms with Crippen LogP contribution in [0.3, 0.4) is 0 Å². The van der Waals surface area contributed by atoms with Gasteiger partial charge in [-0.3, -0.25) is 10.1 Å². The zero-order valence-electron chi connectivity index (χ0n) is 11.8. The number of rotatable bonds is 10. The van der Waals surface area contributed by atoms with Crippen LogP contribution < -0.4 is 10.1 Å². The van der Waals surface area contributed by atoms with Gasteiger partial charge in [-0.2, -0.15) is 4.98 Å². The van der Waals surface area contributed by atoms with Crippen LogP contribution in [0.5, 0.6) is 5.88 Å². The summed E-state index contributed by atoms with van der Waals surface area (Å²) in [5, 5.41) is 14.1. The predicted molar refractivity (Wildman–Crippen MR) is 74.1 cm³/mol. The van der Waals surface area contributed by atoms with Crippen LogP contribution in [0.4, 0.5) is 11.5 Å². The van der Waals surface area contributed by atoms with Gasteiger partial charge in [0, 0.05) is 13.7 Å². The molecule has 0 atom stereocenters. The minimum absolute atomic E-state index is 0.0416. The van der Waals surface area contributed by atoms with Gasteiger partial charge in [0.1, 0.15) is 12.9 Å². The third-order valence-corrected chi connectivity index (χ3v) is 2.57. The fourth-order valence-corrected chi connectivity index (χ4v) is 1.57. The Bertz CT molecular complexity index is 428. The average Bonchev–Trinajstić information content (AvgIpc) is 2.43.